The number of hydrogen-bond acceptors (Lipinski definition) is 3. The number of fused-ring (bicyclic) bond motifs is 1. The Balaban J connectivity index is 1.81. The predicted octanol–water partition coefficient (Wildman–Crippen LogP) is 4.20. The molecule has 0 saturated carbocycles. The number of hydrogen-bond donors (Lipinski definition) is 0. The Kier molecular flexibility index (Phi) is 6.19. The van der Waals surface area contributed by atoms with E-state index >= 15 is 0 Å². The van der Waals surface area contributed by atoms with Crippen LogP contribution < -0.4 is 0 Å². The van der Waals surface area contributed by atoms with Crippen molar-refractivity contribution in [2.75, 3.05) is 6.61 Å². The first-order valence-electron chi connectivity index (χ1n) is 7.99. The lowest BCUT2D eigenvalue weighted by Crippen LogP contribution is -2.06. The normalized spacial score (nSPS) is 10.8. The Morgan fingerprint density at radius 1 is 1.14 bits per heavy atom. The smallest absolute Gasteiger partial charge is 0.338 e. The Bertz CT molecular complexity index is 630. The molecule has 0 spiro atoms. The molecule has 0 N–H and O–H groups in total. The molecule has 4 heteroatoms. The molecule has 0 radical (unpaired) electrons. The molecule has 0 amide bonds. The molecule has 0 saturated heterocycles. The van der Waals surface area contributed by atoms with Crippen LogP contribution in [0.2, 0.25) is 0 Å². The van der Waals surface area contributed by atoms with Gasteiger partial charge in [0.2, 0.25) is 6.41 Å². The van der Waals surface area contributed by atoms with Gasteiger partial charge in [-0.2, -0.15) is 0 Å². The molecule has 2 rings (SSSR count). The SMILES string of the molecule is CCCCCCCCOC(=O)c1ccc2c(ccn2C=O)c1. The molecule has 1 aromatic heterocycles. The van der Waals surface area contributed by atoms with Crippen molar-refractivity contribution in [2.45, 2.75) is 45.4 Å². The Labute approximate surface area is 131 Å². The van der Waals surface area contributed by atoms with Gasteiger partial charge in [0.05, 0.1) is 17.7 Å². The molecule has 1 heterocycles. The minimum atomic E-state index is -0.297. The fraction of sp³-hybridized carbons (Fsp3) is 0.444. The molecule has 1 aromatic carbocycles. The van der Waals surface area contributed by atoms with E-state index in [9.17, 15) is 9.59 Å². The van der Waals surface area contributed by atoms with Gasteiger partial charge in [-0.15, -0.1) is 0 Å². The number of esters is 1. The largest absolute Gasteiger partial charge is 0.462 e. The van der Waals surface area contributed by atoms with E-state index in [2.05, 4.69) is 6.92 Å². The quantitative estimate of drug-likeness (QED) is 0.396. The zero-order chi connectivity index (χ0) is 15.8. The Hall–Kier alpha value is -2.10. The maximum absolute atomic E-state index is 12.0. The van der Waals surface area contributed by atoms with Crippen LogP contribution in [-0.4, -0.2) is 23.6 Å². The first-order chi connectivity index (χ1) is 10.8. The zero-order valence-electron chi connectivity index (χ0n) is 13.1. The molecule has 0 aliphatic carbocycles. The molecule has 0 fully saturated rings. The number of benzene rings is 1. The fourth-order valence-electron chi connectivity index (χ4n) is 2.51. The van der Waals surface area contributed by atoms with E-state index in [0.29, 0.717) is 12.2 Å². The average Bonchev–Trinajstić information content (AvgIpc) is 2.96. The Morgan fingerprint density at radius 3 is 2.68 bits per heavy atom. The zero-order valence-corrected chi connectivity index (χ0v) is 13.1. The van der Waals surface area contributed by atoms with Crippen LogP contribution in [-0.2, 0) is 9.53 Å². The fourth-order valence-corrected chi connectivity index (χ4v) is 2.51. The van der Waals surface area contributed by atoms with Gasteiger partial charge in [-0.3, -0.25) is 9.36 Å². The third kappa shape index (κ3) is 4.20. The summed E-state index contributed by atoms with van der Waals surface area (Å²) in [5.74, 6) is -0.297. The van der Waals surface area contributed by atoms with Gasteiger partial charge in [0.1, 0.15) is 0 Å². The Morgan fingerprint density at radius 2 is 1.91 bits per heavy atom. The van der Waals surface area contributed by atoms with E-state index in [-0.39, 0.29) is 5.97 Å². The van der Waals surface area contributed by atoms with Crippen LogP contribution in [0.5, 0.6) is 0 Å². The van der Waals surface area contributed by atoms with Crippen molar-refractivity contribution in [1.82, 2.24) is 4.57 Å². The standard InChI is InChI=1S/C18H23NO3/c1-2-3-4-5-6-7-12-22-18(21)16-8-9-17-15(13-16)10-11-19(17)14-20/h8-11,13-14H,2-7,12H2,1H3. The highest BCUT2D eigenvalue weighted by molar-refractivity contribution is 5.95. The van der Waals surface area contributed by atoms with E-state index < -0.39 is 0 Å². The third-order valence-corrected chi connectivity index (χ3v) is 3.80. The molecule has 22 heavy (non-hydrogen) atoms. The van der Waals surface area contributed by atoms with Gasteiger partial charge in [-0.05, 0) is 30.7 Å². The van der Waals surface area contributed by atoms with E-state index in [4.69, 9.17) is 4.74 Å². The van der Waals surface area contributed by atoms with Gasteiger partial charge in [-0.25, -0.2) is 4.79 Å². The minimum absolute atomic E-state index is 0.297. The molecule has 4 nitrogen and oxygen atoms in total. The molecule has 0 unspecified atom stereocenters. The van der Waals surface area contributed by atoms with Crippen LogP contribution in [0.25, 0.3) is 10.9 Å². The highest BCUT2D eigenvalue weighted by Gasteiger charge is 2.09. The average molecular weight is 301 g/mol. The van der Waals surface area contributed by atoms with Crippen LogP contribution in [0, 0.1) is 0 Å². The summed E-state index contributed by atoms with van der Waals surface area (Å²) in [5.41, 5.74) is 1.32. The summed E-state index contributed by atoms with van der Waals surface area (Å²) in [6.45, 7) is 2.67. The van der Waals surface area contributed by atoms with Crippen molar-refractivity contribution >= 4 is 23.3 Å². The second kappa shape index (κ2) is 8.37. The van der Waals surface area contributed by atoms with Crippen molar-refractivity contribution in [3.8, 4) is 0 Å². The lowest BCUT2D eigenvalue weighted by atomic mass is 10.1. The topological polar surface area (TPSA) is 48.3 Å². The molecule has 2 aromatic rings. The predicted molar refractivity (Wildman–Crippen MR) is 87.7 cm³/mol. The van der Waals surface area contributed by atoms with Gasteiger partial charge in [-0.1, -0.05) is 39.0 Å². The van der Waals surface area contributed by atoms with Gasteiger partial charge in [0.15, 0.2) is 0 Å². The summed E-state index contributed by atoms with van der Waals surface area (Å²) in [7, 11) is 0. The summed E-state index contributed by atoms with van der Waals surface area (Å²) in [4.78, 5) is 22.8. The van der Waals surface area contributed by atoms with Gasteiger partial charge < -0.3 is 4.74 Å². The summed E-state index contributed by atoms with van der Waals surface area (Å²) in [6, 6.07) is 7.05. The molecular formula is C18H23NO3. The maximum atomic E-state index is 12.0. The number of unbranched alkanes of at least 4 members (excludes halogenated alkanes) is 5. The number of carbonyl (C=O) groups is 2. The number of carbonyl (C=O) groups excluding carboxylic acids is 2. The highest BCUT2D eigenvalue weighted by Crippen LogP contribution is 2.17. The van der Waals surface area contributed by atoms with Crippen molar-refractivity contribution in [3.05, 3.63) is 36.0 Å². The molecule has 0 bridgehead atoms. The highest BCUT2D eigenvalue weighted by atomic mass is 16.5. The summed E-state index contributed by atoms with van der Waals surface area (Å²) >= 11 is 0. The van der Waals surface area contributed by atoms with Crippen LogP contribution in [0.3, 0.4) is 0 Å². The minimum Gasteiger partial charge on any atom is -0.462 e. The molecular weight excluding hydrogens is 278 g/mol. The van der Waals surface area contributed by atoms with Crippen LogP contribution in [0.4, 0.5) is 0 Å². The number of rotatable bonds is 9. The van der Waals surface area contributed by atoms with E-state index in [1.54, 1.807) is 24.4 Å². The monoisotopic (exact) mass is 301 g/mol. The van der Waals surface area contributed by atoms with Gasteiger partial charge in [0.25, 0.3) is 0 Å². The van der Waals surface area contributed by atoms with Crippen molar-refractivity contribution in [1.29, 1.82) is 0 Å². The molecule has 0 aliphatic heterocycles. The van der Waals surface area contributed by atoms with Crippen LogP contribution >= 0.6 is 0 Å². The van der Waals surface area contributed by atoms with Crippen molar-refractivity contribution in [2.24, 2.45) is 0 Å². The first kappa shape index (κ1) is 16.3. The summed E-state index contributed by atoms with van der Waals surface area (Å²) in [5, 5.41) is 0.862. The molecule has 0 atom stereocenters. The third-order valence-electron chi connectivity index (χ3n) is 3.80. The van der Waals surface area contributed by atoms with Gasteiger partial charge in [0, 0.05) is 11.6 Å². The second-order valence-corrected chi connectivity index (χ2v) is 5.51. The van der Waals surface area contributed by atoms with E-state index in [0.717, 1.165) is 30.2 Å². The van der Waals surface area contributed by atoms with E-state index in [1.165, 1.54) is 30.3 Å². The van der Waals surface area contributed by atoms with E-state index in [1.807, 2.05) is 6.07 Å². The number of ether oxygens (including phenoxy) is 1. The summed E-state index contributed by atoms with van der Waals surface area (Å²) < 4.78 is 6.79. The second-order valence-electron chi connectivity index (χ2n) is 5.51. The first-order valence-corrected chi connectivity index (χ1v) is 7.99. The summed E-state index contributed by atoms with van der Waals surface area (Å²) in [6.07, 6.45) is 9.44. The van der Waals surface area contributed by atoms with Gasteiger partial charge >= 0.3 is 5.97 Å². The van der Waals surface area contributed by atoms with Crippen molar-refractivity contribution < 1.29 is 14.3 Å². The lowest BCUT2D eigenvalue weighted by Gasteiger charge is -2.05. The number of nitrogens with zero attached hydrogens (tertiary/aromatic N) is 1. The van der Waals surface area contributed by atoms with Crippen LogP contribution in [0.1, 0.15) is 55.8 Å². The molecule has 118 valence electrons. The van der Waals surface area contributed by atoms with Crippen molar-refractivity contribution in [3.63, 3.8) is 0 Å². The molecule has 0 aliphatic rings. The lowest BCUT2D eigenvalue weighted by molar-refractivity contribution is 0.0498. The maximum Gasteiger partial charge on any atom is 0.338 e. The van der Waals surface area contributed by atoms with Crippen LogP contribution in [0.15, 0.2) is 30.5 Å². The number of aromatic nitrogens is 1.